The summed E-state index contributed by atoms with van der Waals surface area (Å²) < 4.78 is 1.07. The molecule has 100 valence electrons. The van der Waals surface area contributed by atoms with E-state index < -0.39 is 0 Å². The number of halogens is 1. The summed E-state index contributed by atoms with van der Waals surface area (Å²) in [7, 11) is 1.85. The van der Waals surface area contributed by atoms with E-state index in [0.29, 0.717) is 0 Å². The second-order valence-corrected chi connectivity index (χ2v) is 5.59. The van der Waals surface area contributed by atoms with Gasteiger partial charge in [0.1, 0.15) is 11.6 Å². The monoisotopic (exact) mass is 338 g/mol. The SMILES string of the molecule is CNc1cc(Nc2ccc(C)c(Br)c2)nc(SC)n1. The predicted octanol–water partition coefficient (Wildman–Crippen LogP) is 4.05. The zero-order valence-corrected chi connectivity index (χ0v) is 13.4. The van der Waals surface area contributed by atoms with Crippen molar-refractivity contribution in [2.75, 3.05) is 23.9 Å². The number of nitrogens with one attached hydrogen (secondary N) is 2. The molecule has 0 radical (unpaired) electrons. The maximum Gasteiger partial charge on any atom is 0.191 e. The van der Waals surface area contributed by atoms with Crippen LogP contribution in [0.1, 0.15) is 5.56 Å². The number of nitrogens with zero attached hydrogens (tertiary/aromatic N) is 2. The average Bonchev–Trinajstić information content (AvgIpc) is 2.42. The van der Waals surface area contributed by atoms with Gasteiger partial charge in [-0.05, 0) is 30.9 Å². The number of aryl methyl sites for hydroxylation is 1. The van der Waals surface area contributed by atoms with Crippen LogP contribution in [0.15, 0.2) is 33.9 Å². The first-order chi connectivity index (χ1) is 9.12. The molecule has 2 aromatic rings. The first kappa shape index (κ1) is 14.1. The molecule has 0 spiro atoms. The van der Waals surface area contributed by atoms with Gasteiger partial charge in [-0.15, -0.1) is 0 Å². The summed E-state index contributed by atoms with van der Waals surface area (Å²) in [6, 6.07) is 8.00. The zero-order valence-electron chi connectivity index (χ0n) is 11.0. The first-order valence-electron chi connectivity index (χ1n) is 5.76. The molecule has 0 aliphatic rings. The van der Waals surface area contributed by atoms with Crippen molar-refractivity contribution in [3.05, 3.63) is 34.3 Å². The van der Waals surface area contributed by atoms with Crippen LogP contribution < -0.4 is 10.6 Å². The highest BCUT2D eigenvalue weighted by molar-refractivity contribution is 9.10. The average molecular weight is 339 g/mol. The van der Waals surface area contributed by atoms with Gasteiger partial charge in [-0.1, -0.05) is 33.8 Å². The van der Waals surface area contributed by atoms with Gasteiger partial charge in [0.25, 0.3) is 0 Å². The maximum absolute atomic E-state index is 4.43. The molecule has 0 unspecified atom stereocenters. The molecule has 2 rings (SSSR count). The Morgan fingerprint density at radius 2 is 1.89 bits per heavy atom. The maximum atomic E-state index is 4.43. The lowest BCUT2D eigenvalue weighted by atomic mass is 10.2. The van der Waals surface area contributed by atoms with Crippen LogP contribution in [0, 0.1) is 6.92 Å². The fraction of sp³-hybridized carbons (Fsp3) is 0.231. The Balaban J connectivity index is 2.29. The van der Waals surface area contributed by atoms with Crippen LogP contribution in [0.3, 0.4) is 0 Å². The molecule has 0 bridgehead atoms. The third-order valence-electron chi connectivity index (χ3n) is 2.59. The normalized spacial score (nSPS) is 10.3. The zero-order chi connectivity index (χ0) is 13.8. The van der Waals surface area contributed by atoms with Crippen molar-refractivity contribution in [1.82, 2.24) is 9.97 Å². The van der Waals surface area contributed by atoms with Crippen molar-refractivity contribution in [3.63, 3.8) is 0 Å². The van der Waals surface area contributed by atoms with Gasteiger partial charge < -0.3 is 10.6 Å². The Hall–Kier alpha value is -1.27. The molecular weight excluding hydrogens is 324 g/mol. The standard InChI is InChI=1S/C13H15BrN4S/c1-8-4-5-9(6-10(8)14)16-12-7-11(15-2)17-13(18-12)19-3/h4-7H,1-3H3,(H2,15,16,17,18). The van der Waals surface area contributed by atoms with Crippen molar-refractivity contribution >= 4 is 45.0 Å². The third-order valence-corrected chi connectivity index (χ3v) is 3.99. The van der Waals surface area contributed by atoms with Gasteiger partial charge in [0.15, 0.2) is 5.16 Å². The molecule has 0 aliphatic heterocycles. The van der Waals surface area contributed by atoms with Crippen LogP contribution in [-0.4, -0.2) is 23.3 Å². The lowest BCUT2D eigenvalue weighted by Crippen LogP contribution is -2.00. The van der Waals surface area contributed by atoms with E-state index in [2.05, 4.69) is 49.5 Å². The second kappa shape index (κ2) is 6.25. The van der Waals surface area contributed by atoms with Gasteiger partial charge in [0, 0.05) is 23.3 Å². The van der Waals surface area contributed by atoms with Crippen molar-refractivity contribution in [1.29, 1.82) is 0 Å². The van der Waals surface area contributed by atoms with Crippen LogP contribution in [0.25, 0.3) is 0 Å². The van der Waals surface area contributed by atoms with E-state index in [1.54, 1.807) is 0 Å². The topological polar surface area (TPSA) is 49.8 Å². The molecule has 1 aromatic heterocycles. The molecule has 0 atom stereocenters. The molecule has 0 saturated heterocycles. The number of anilines is 3. The fourth-order valence-electron chi connectivity index (χ4n) is 1.53. The van der Waals surface area contributed by atoms with Crippen LogP contribution in [0.5, 0.6) is 0 Å². The van der Waals surface area contributed by atoms with E-state index in [4.69, 9.17) is 0 Å². The van der Waals surface area contributed by atoms with Gasteiger partial charge in [-0.25, -0.2) is 9.97 Å². The molecule has 6 heteroatoms. The first-order valence-corrected chi connectivity index (χ1v) is 7.78. The van der Waals surface area contributed by atoms with E-state index in [0.717, 1.165) is 27.0 Å². The van der Waals surface area contributed by atoms with Crippen LogP contribution in [0.4, 0.5) is 17.3 Å². The van der Waals surface area contributed by atoms with Crippen LogP contribution >= 0.6 is 27.7 Å². The minimum atomic E-state index is 0.737. The van der Waals surface area contributed by atoms with Gasteiger partial charge in [0.05, 0.1) is 0 Å². The lowest BCUT2D eigenvalue weighted by molar-refractivity contribution is 0.977. The summed E-state index contributed by atoms with van der Waals surface area (Å²) in [5.41, 5.74) is 2.19. The highest BCUT2D eigenvalue weighted by atomic mass is 79.9. The lowest BCUT2D eigenvalue weighted by Gasteiger charge is -2.10. The minimum absolute atomic E-state index is 0.737. The number of benzene rings is 1. The van der Waals surface area contributed by atoms with Crippen molar-refractivity contribution < 1.29 is 0 Å². The molecule has 2 N–H and O–H groups in total. The Morgan fingerprint density at radius 1 is 1.16 bits per heavy atom. The molecule has 4 nitrogen and oxygen atoms in total. The summed E-state index contributed by atoms with van der Waals surface area (Å²) >= 11 is 5.04. The molecule has 0 saturated carbocycles. The van der Waals surface area contributed by atoms with E-state index in [1.807, 2.05) is 31.5 Å². The van der Waals surface area contributed by atoms with E-state index in [1.165, 1.54) is 17.3 Å². The largest absolute Gasteiger partial charge is 0.373 e. The molecule has 19 heavy (non-hydrogen) atoms. The summed E-state index contributed by atoms with van der Waals surface area (Å²) in [6.45, 7) is 2.06. The Kier molecular flexibility index (Phi) is 4.66. The van der Waals surface area contributed by atoms with Crippen LogP contribution in [-0.2, 0) is 0 Å². The molecule has 0 fully saturated rings. The molecule has 0 aliphatic carbocycles. The molecule has 1 heterocycles. The third kappa shape index (κ3) is 3.61. The molecular formula is C13H15BrN4S. The number of rotatable bonds is 4. The smallest absolute Gasteiger partial charge is 0.191 e. The molecule has 0 amide bonds. The summed E-state index contributed by atoms with van der Waals surface area (Å²) in [5.74, 6) is 1.58. The second-order valence-electron chi connectivity index (χ2n) is 3.96. The molecule has 1 aromatic carbocycles. The van der Waals surface area contributed by atoms with Gasteiger partial charge in [-0.2, -0.15) is 0 Å². The Bertz CT molecular complexity index is 567. The van der Waals surface area contributed by atoms with Crippen molar-refractivity contribution in [2.45, 2.75) is 12.1 Å². The highest BCUT2D eigenvalue weighted by Crippen LogP contribution is 2.24. The Morgan fingerprint density at radius 3 is 2.53 bits per heavy atom. The van der Waals surface area contributed by atoms with Crippen LogP contribution in [0.2, 0.25) is 0 Å². The van der Waals surface area contributed by atoms with E-state index in [-0.39, 0.29) is 0 Å². The van der Waals surface area contributed by atoms with Crippen molar-refractivity contribution in [2.24, 2.45) is 0 Å². The number of thioether (sulfide) groups is 1. The highest BCUT2D eigenvalue weighted by Gasteiger charge is 2.04. The Labute approximate surface area is 125 Å². The number of hydrogen-bond donors (Lipinski definition) is 2. The minimum Gasteiger partial charge on any atom is -0.373 e. The predicted molar refractivity (Wildman–Crippen MR) is 85.5 cm³/mol. The quantitative estimate of drug-likeness (QED) is 0.650. The van der Waals surface area contributed by atoms with Crippen molar-refractivity contribution in [3.8, 4) is 0 Å². The fourth-order valence-corrected chi connectivity index (χ4v) is 2.29. The van der Waals surface area contributed by atoms with Gasteiger partial charge in [0.2, 0.25) is 0 Å². The summed E-state index contributed by atoms with van der Waals surface area (Å²) in [5, 5.41) is 7.06. The van der Waals surface area contributed by atoms with E-state index >= 15 is 0 Å². The summed E-state index contributed by atoms with van der Waals surface area (Å²) in [6.07, 6.45) is 1.96. The number of hydrogen-bond acceptors (Lipinski definition) is 5. The number of aromatic nitrogens is 2. The summed E-state index contributed by atoms with van der Waals surface area (Å²) in [4.78, 5) is 8.77. The van der Waals surface area contributed by atoms with E-state index in [9.17, 15) is 0 Å². The van der Waals surface area contributed by atoms with Gasteiger partial charge >= 0.3 is 0 Å². The van der Waals surface area contributed by atoms with Gasteiger partial charge in [-0.3, -0.25) is 0 Å².